The van der Waals surface area contributed by atoms with Gasteiger partial charge in [0.1, 0.15) is 12.1 Å². The van der Waals surface area contributed by atoms with Crippen molar-refractivity contribution in [3.05, 3.63) is 0 Å². The Morgan fingerprint density at radius 2 is 1.64 bits per heavy atom. The number of piperidine rings is 2. The van der Waals surface area contributed by atoms with Crippen molar-refractivity contribution < 1.29 is 19.2 Å². The molecule has 0 aliphatic carbocycles. The lowest BCUT2D eigenvalue weighted by Crippen LogP contribution is -2.53. The Morgan fingerprint density at radius 3 is 2.25 bits per heavy atom. The van der Waals surface area contributed by atoms with Crippen molar-refractivity contribution in [3.63, 3.8) is 0 Å². The molecule has 3 N–H and O–H groups in total. The molecule has 3 aliphatic heterocycles. The standard InChI is InChI=1S/C20H32N4O4/c1-12-6-14(22-16(25)8-12)18(27)21-10-20(3)4-5-24(11-20)19(28)15-7-13(2)9-17(26)23-15/h12-15H,4-11H2,1-3H3,(H,21,27)(H,22,25)(H,23,26)/t12-,13-,14-,15-,20?/m0/s1. The third-order valence-corrected chi connectivity index (χ3v) is 6.19. The fourth-order valence-corrected chi connectivity index (χ4v) is 4.56. The van der Waals surface area contributed by atoms with Crippen LogP contribution in [0.3, 0.4) is 0 Å². The molecule has 0 aromatic rings. The molecule has 0 bridgehead atoms. The van der Waals surface area contributed by atoms with Crippen molar-refractivity contribution in [3.8, 4) is 0 Å². The molecule has 0 spiro atoms. The molecular weight excluding hydrogens is 360 g/mol. The second-order valence-corrected chi connectivity index (χ2v) is 9.37. The van der Waals surface area contributed by atoms with Crippen LogP contribution in [0, 0.1) is 17.3 Å². The summed E-state index contributed by atoms with van der Waals surface area (Å²) in [5.74, 6) is 0.0982. The van der Waals surface area contributed by atoms with Crippen LogP contribution in [0.2, 0.25) is 0 Å². The van der Waals surface area contributed by atoms with Crippen LogP contribution >= 0.6 is 0 Å². The Balaban J connectivity index is 1.50. The Bertz CT molecular complexity index is 667. The zero-order valence-corrected chi connectivity index (χ0v) is 17.0. The van der Waals surface area contributed by atoms with Gasteiger partial charge >= 0.3 is 0 Å². The fraction of sp³-hybridized carbons (Fsp3) is 0.800. The minimum absolute atomic E-state index is 0.0247. The van der Waals surface area contributed by atoms with Crippen molar-refractivity contribution in [2.24, 2.45) is 17.3 Å². The normalized spacial score (nSPS) is 35.9. The summed E-state index contributed by atoms with van der Waals surface area (Å²) in [5.41, 5.74) is -0.208. The smallest absolute Gasteiger partial charge is 0.245 e. The van der Waals surface area contributed by atoms with Gasteiger partial charge in [-0.1, -0.05) is 20.8 Å². The number of rotatable bonds is 4. The van der Waals surface area contributed by atoms with Gasteiger partial charge in [0.2, 0.25) is 23.6 Å². The highest BCUT2D eigenvalue weighted by Crippen LogP contribution is 2.30. The van der Waals surface area contributed by atoms with E-state index < -0.39 is 12.1 Å². The molecule has 3 fully saturated rings. The summed E-state index contributed by atoms with van der Waals surface area (Å²) < 4.78 is 0. The Morgan fingerprint density at radius 1 is 1.07 bits per heavy atom. The first-order valence-electron chi connectivity index (χ1n) is 10.3. The van der Waals surface area contributed by atoms with Crippen LogP contribution in [0.25, 0.3) is 0 Å². The minimum atomic E-state index is -0.474. The quantitative estimate of drug-likeness (QED) is 0.634. The topological polar surface area (TPSA) is 108 Å². The average molecular weight is 393 g/mol. The highest BCUT2D eigenvalue weighted by molar-refractivity contribution is 5.89. The Hall–Kier alpha value is -2.12. The highest BCUT2D eigenvalue weighted by Gasteiger charge is 2.40. The predicted molar refractivity (Wildman–Crippen MR) is 103 cm³/mol. The van der Waals surface area contributed by atoms with Gasteiger partial charge in [0.25, 0.3) is 0 Å². The summed E-state index contributed by atoms with van der Waals surface area (Å²) in [6, 6.07) is -0.912. The lowest BCUT2D eigenvalue weighted by Gasteiger charge is -2.32. The maximum atomic E-state index is 12.8. The number of amides is 4. The fourth-order valence-electron chi connectivity index (χ4n) is 4.56. The van der Waals surface area contributed by atoms with E-state index in [0.717, 1.165) is 6.42 Å². The van der Waals surface area contributed by atoms with Crippen LogP contribution in [0.15, 0.2) is 0 Å². The molecule has 156 valence electrons. The summed E-state index contributed by atoms with van der Waals surface area (Å²) in [5, 5.41) is 8.54. The van der Waals surface area contributed by atoms with Crippen LogP contribution in [-0.2, 0) is 19.2 Å². The lowest BCUT2D eigenvalue weighted by molar-refractivity contribution is -0.138. The summed E-state index contributed by atoms with van der Waals surface area (Å²) >= 11 is 0. The molecule has 3 rings (SSSR count). The van der Waals surface area contributed by atoms with Crippen molar-refractivity contribution in [2.75, 3.05) is 19.6 Å². The molecule has 5 atom stereocenters. The van der Waals surface area contributed by atoms with E-state index in [1.165, 1.54) is 0 Å². The zero-order valence-electron chi connectivity index (χ0n) is 17.0. The SMILES string of the molecule is C[C@@H]1CC(=O)N[C@H](C(=O)NCC2(C)CCN(C(=O)[C@@H]3C[C@H](C)CC(=O)N3)C2)C1. The second kappa shape index (κ2) is 8.09. The largest absolute Gasteiger partial charge is 0.354 e. The number of likely N-dealkylation sites (tertiary alicyclic amines) is 1. The van der Waals surface area contributed by atoms with E-state index in [1.807, 2.05) is 13.8 Å². The number of hydrogen-bond donors (Lipinski definition) is 3. The molecule has 3 saturated heterocycles. The molecule has 0 saturated carbocycles. The molecule has 8 nitrogen and oxygen atoms in total. The Labute approximate surface area is 166 Å². The van der Waals surface area contributed by atoms with Crippen LogP contribution in [0.4, 0.5) is 0 Å². The first-order chi connectivity index (χ1) is 13.1. The molecule has 8 heteroatoms. The third-order valence-electron chi connectivity index (χ3n) is 6.19. The van der Waals surface area contributed by atoms with E-state index >= 15 is 0 Å². The highest BCUT2D eigenvalue weighted by atomic mass is 16.2. The number of nitrogens with one attached hydrogen (secondary N) is 3. The first-order valence-corrected chi connectivity index (χ1v) is 10.3. The zero-order chi connectivity index (χ0) is 20.5. The van der Waals surface area contributed by atoms with E-state index in [-0.39, 0.29) is 40.9 Å². The lowest BCUT2D eigenvalue weighted by atomic mass is 9.89. The van der Waals surface area contributed by atoms with E-state index in [9.17, 15) is 19.2 Å². The van der Waals surface area contributed by atoms with Crippen LogP contribution < -0.4 is 16.0 Å². The summed E-state index contributed by atoms with van der Waals surface area (Å²) in [6.07, 6.45) is 3.06. The number of nitrogens with zero attached hydrogens (tertiary/aromatic N) is 1. The van der Waals surface area contributed by atoms with Crippen LogP contribution in [0.5, 0.6) is 0 Å². The monoisotopic (exact) mass is 392 g/mol. The van der Waals surface area contributed by atoms with Crippen molar-refractivity contribution >= 4 is 23.6 Å². The summed E-state index contributed by atoms with van der Waals surface area (Å²) in [6.45, 7) is 7.68. The number of carbonyl (C=O) groups excluding carboxylic acids is 4. The molecule has 1 unspecified atom stereocenters. The molecular formula is C20H32N4O4. The van der Waals surface area contributed by atoms with Gasteiger partial charge in [-0.15, -0.1) is 0 Å². The molecule has 3 heterocycles. The van der Waals surface area contributed by atoms with Gasteiger partial charge in [0.05, 0.1) is 0 Å². The molecule has 4 amide bonds. The van der Waals surface area contributed by atoms with Gasteiger partial charge in [0.15, 0.2) is 0 Å². The van der Waals surface area contributed by atoms with E-state index in [1.54, 1.807) is 4.90 Å². The molecule has 28 heavy (non-hydrogen) atoms. The minimum Gasteiger partial charge on any atom is -0.354 e. The molecule has 0 aromatic heterocycles. The van der Waals surface area contributed by atoms with E-state index in [4.69, 9.17) is 0 Å². The average Bonchev–Trinajstić information content (AvgIpc) is 3.00. The van der Waals surface area contributed by atoms with Crippen molar-refractivity contribution in [1.82, 2.24) is 20.9 Å². The third kappa shape index (κ3) is 4.83. The summed E-state index contributed by atoms with van der Waals surface area (Å²) in [4.78, 5) is 50.5. The number of hydrogen-bond acceptors (Lipinski definition) is 4. The summed E-state index contributed by atoms with van der Waals surface area (Å²) in [7, 11) is 0. The van der Waals surface area contributed by atoms with Crippen LogP contribution in [-0.4, -0.2) is 60.2 Å². The van der Waals surface area contributed by atoms with Gasteiger partial charge in [-0.2, -0.15) is 0 Å². The maximum absolute atomic E-state index is 12.8. The first kappa shape index (κ1) is 20.6. The molecule has 0 radical (unpaired) electrons. The maximum Gasteiger partial charge on any atom is 0.245 e. The van der Waals surface area contributed by atoms with Crippen LogP contribution in [0.1, 0.15) is 52.9 Å². The van der Waals surface area contributed by atoms with Gasteiger partial charge < -0.3 is 20.9 Å². The molecule has 3 aliphatic rings. The van der Waals surface area contributed by atoms with Gasteiger partial charge in [-0.3, -0.25) is 19.2 Å². The molecule has 0 aromatic carbocycles. The van der Waals surface area contributed by atoms with Crippen molar-refractivity contribution in [2.45, 2.75) is 65.0 Å². The van der Waals surface area contributed by atoms with E-state index in [0.29, 0.717) is 45.3 Å². The van der Waals surface area contributed by atoms with Crippen molar-refractivity contribution in [1.29, 1.82) is 0 Å². The van der Waals surface area contributed by atoms with Gasteiger partial charge in [-0.25, -0.2) is 0 Å². The van der Waals surface area contributed by atoms with E-state index in [2.05, 4.69) is 22.9 Å². The predicted octanol–water partition coefficient (Wildman–Crippen LogP) is 0.171. The van der Waals surface area contributed by atoms with Gasteiger partial charge in [0, 0.05) is 37.9 Å². The second-order valence-electron chi connectivity index (χ2n) is 9.37. The number of carbonyl (C=O) groups is 4. The van der Waals surface area contributed by atoms with Gasteiger partial charge in [-0.05, 0) is 31.1 Å². The Kier molecular flexibility index (Phi) is 5.95.